The van der Waals surface area contributed by atoms with Crippen LogP contribution in [0.25, 0.3) is 0 Å². The Bertz CT molecular complexity index is 391. The highest BCUT2D eigenvalue weighted by atomic mass is 16.1. The van der Waals surface area contributed by atoms with E-state index in [2.05, 4.69) is 21.9 Å². The molecule has 0 spiro atoms. The normalized spacial score (nSPS) is 17.8. The van der Waals surface area contributed by atoms with Crippen molar-refractivity contribution < 1.29 is 4.79 Å². The molecule has 1 aromatic heterocycles. The monoisotopic (exact) mass is 222 g/mol. The average molecular weight is 222 g/mol. The molecule has 16 heavy (non-hydrogen) atoms. The molecule has 5 heteroatoms. The quantitative estimate of drug-likeness (QED) is 0.675. The maximum absolute atomic E-state index is 11.1. The maximum atomic E-state index is 11.1. The Labute approximate surface area is 95.6 Å². The molecular weight excluding hydrogens is 204 g/mol. The van der Waals surface area contributed by atoms with Crippen LogP contribution in [0.3, 0.4) is 0 Å². The van der Waals surface area contributed by atoms with Gasteiger partial charge in [-0.3, -0.25) is 9.48 Å². The number of hydrogen-bond donors (Lipinski definition) is 0. The molecule has 0 saturated carbocycles. The van der Waals surface area contributed by atoms with E-state index in [9.17, 15) is 4.79 Å². The van der Waals surface area contributed by atoms with Gasteiger partial charge in [0.05, 0.1) is 11.3 Å². The summed E-state index contributed by atoms with van der Waals surface area (Å²) >= 11 is 0. The fourth-order valence-corrected chi connectivity index (χ4v) is 2.19. The minimum absolute atomic E-state index is 0.729. The highest BCUT2D eigenvalue weighted by molar-refractivity contribution is 5.84. The Kier molecular flexibility index (Phi) is 2.96. The molecule has 1 fully saturated rings. The molecule has 1 aliphatic rings. The summed E-state index contributed by atoms with van der Waals surface area (Å²) in [6.45, 7) is 5.85. The molecule has 1 aromatic rings. The number of carbonyl (C=O) groups is 1. The summed E-state index contributed by atoms with van der Waals surface area (Å²) in [7, 11) is 4.01. The number of carbonyl (C=O) groups excluding carboxylic acids is 1. The summed E-state index contributed by atoms with van der Waals surface area (Å²) in [5.74, 6) is 0.959. The van der Waals surface area contributed by atoms with Crippen LogP contribution in [-0.4, -0.2) is 54.2 Å². The van der Waals surface area contributed by atoms with Gasteiger partial charge in [0, 0.05) is 33.2 Å². The Morgan fingerprint density at radius 2 is 1.81 bits per heavy atom. The van der Waals surface area contributed by atoms with E-state index in [-0.39, 0.29) is 0 Å². The van der Waals surface area contributed by atoms with Crippen LogP contribution in [0, 0.1) is 6.92 Å². The first-order valence-electron chi connectivity index (χ1n) is 5.55. The van der Waals surface area contributed by atoms with E-state index in [1.54, 1.807) is 0 Å². The molecular formula is C11H18N4O. The van der Waals surface area contributed by atoms with Gasteiger partial charge < -0.3 is 9.80 Å². The van der Waals surface area contributed by atoms with Crippen molar-refractivity contribution >= 4 is 12.1 Å². The van der Waals surface area contributed by atoms with Gasteiger partial charge in [-0.15, -0.1) is 0 Å². The number of nitrogens with zero attached hydrogens (tertiary/aromatic N) is 4. The number of likely N-dealkylation sites (N-methyl/N-ethyl adjacent to an activating group) is 1. The van der Waals surface area contributed by atoms with Crippen molar-refractivity contribution in [1.82, 2.24) is 14.7 Å². The number of aldehydes is 1. The van der Waals surface area contributed by atoms with Crippen LogP contribution < -0.4 is 4.90 Å². The highest BCUT2D eigenvalue weighted by Crippen LogP contribution is 2.22. The predicted octanol–water partition coefficient (Wildman–Crippen LogP) is 0.293. The van der Waals surface area contributed by atoms with Crippen LogP contribution in [0.4, 0.5) is 5.82 Å². The number of hydrogen-bond acceptors (Lipinski definition) is 4. The van der Waals surface area contributed by atoms with Crippen molar-refractivity contribution in [2.45, 2.75) is 6.92 Å². The van der Waals surface area contributed by atoms with Crippen LogP contribution in [0.15, 0.2) is 0 Å². The number of piperazine rings is 1. The van der Waals surface area contributed by atoms with Gasteiger partial charge in [-0.25, -0.2) is 0 Å². The average Bonchev–Trinajstić information content (AvgIpc) is 2.54. The molecule has 5 nitrogen and oxygen atoms in total. The summed E-state index contributed by atoms with van der Waals surface area (Å²) in [4.78, 5) is 15.6. The highest BCUT2D eigenvalue weighted by Gasteiger charge is 2.21. The first-order valence-corrected chi connectivity index (χ1v) is 5.55. The lowest BCUT2D eigenvalue weighted by Gasteiger charge is -2.34. The molecule has 0 aliphatic carbocycles. The van der Waals surface area contributed by atoms with Gasteiger partial charge >= 0.3 is 0 Å². The molecule has 0 radical (unpaired) electrons. The van der Waals surface area contributed by atoms with E-state index in [1.165, 1.54) is 0 Å². The summed E-state index contributed by atoms with van der Waals surface area (Å²) < 4.78 is 1.81. The van der Waals surface area contributed by atoms with Crippen LogP contribution in [0.1, 0.15) is 16.1 Å². The Morgan fingerprint density at radius 1 is 1.19 bits per heavy atom. The second-order valence-corrected chi connectivity index (χ2v) is 4.35. The molecule has 1 saturated heterocycles. The first kappa shape index (κ1) is 11.1. The largest absolute Gasteiger partial charge is 0.354 e. The van der Waals surface area contributed by atoms with E-state index in [1.807, 2.05) is 18.7 Å². The topological polar surface area (TPSA) is 41.4 Å². The minimum atomic E-state index is 0.729. The Balaban J connectivity index is 2.29. The van der Waals surface area contributed by atoms with E-state index in [0.717, 1.165) is 49.5 Å². The van der Waals surface area contributed by atoms with E-state index >= 15 is 0 Å². The molecule has 2 heterocycles. The van der Waals surface area contributed by atoms with Gasteiger partial charge in [0.25, 0.3) is 0 Å². The fourth-order valence-electron chi connectivity index (χ4n) is 2.19. The fraction of sp³-hybridized carbons (Fsp3) is 0.636. The van der Waals surface area contributed by atoms with E-state index in [4.69, 9.17) is 0 Å². The van der Waals surface area contributed by atoms with Crippen molar-refractivity contribution in [2.75, 3.05) is 38.1 Å². The summed E-state index contributed by atoms with van der Waals surface area (Å²) in [5.41, 5.74) is 1.54. The second-order valence-electron chi connectivity index (χ2n) is 4.35. The van der Waals surface area contributed by atoms with Crippen molar-refractivity contribution in [1.29, 1.82) is 0 Å². The second kappa shape index (κ2) is 4.25. The summed E-state index contributed by atoms with van der Waals surface area (Å²) in [6, 6.07) is 0. The van der Waals surface area contributed by atoms with E-state index < -0.39 is 0 Å². The third-order valence-electron chi connectivity index (χ3n) is 3.16. The zero-order valence-corrected chi connectivity index (χ0v) is 10.1. The van der Waals surface area contributed by atoms with Gasteiger partial charge in [0.1, 0.15) is 5.82 Å². The van der Waals surface area contributed by atoms with Gasteiger partial charge in [0.15, 0.2) is 6.29 Å². The van der Waals surface area contributed by atoms with Gasteiger partial charge in [-0.2, -0.15) is 5.10 Å². The van der Waals surface area contributed by atoms with Crippen molar-refractivity contribution in [2.24, 2.45) is 7.05 Å². The predicted molar refractivity (Wildman–Crippen MR) is 63.0 cm³/mol. The molecule has 0 amide bonds. The van der Waals surface area contributed by atoms with Crippen molar-refractivity contribution in [3.8, 4) is 0 Å². The van der Waals surface area contributed by atoms with Crippen LogP contribution in [-0.2, 0) is 7.05 Å². The molecule has 0 aromatic carbocycles. The lowest BCUT2D eigenvalue weighted by atomic mass is 10.2. The zero-order valence-electron chi connectivity index (χ0n) is 10.1. The minimum Gasteiger partial charge on any atom is -0.354 e. The Hall–Kier alpha value is -1.36. The van der Waals surface area contributed by atoms with Crippen LogP contribution in [0.2, 0.25) is 0 Å². The van der Waals surface area contributed by atoms with Crippen LogP contribution >= 0.6 is 0 Å². The SMILES string of the molecule is Cc1nn(C)c(N2CCN(C)CC2)c1C=O. The molecule has 0 unspecified atom stereocenters. The smallest absolute Gasteiger partial charge is 0.155 e. The maximum Gasteiger partial charge on any atom is 0.155 e. The van der Waals surface area contributed by atoms with E-state index in [0.29, 0.717) is 0 Å². The zero-order chi connectivity index (χ0) is 11.7. The summed E-state index contributed by atoms with van der Waals surface area (Å²) in [6.07, 6.45) is 0.913. The number of rotatable bonds is 2. The molecule has 0 bridgehead atoms. The first-order chi connectivity index (χ1) is 7.63. The van der Waals surface area contributed by atoms with Crippen molar-refractivity contribution in [3.63, 3.8) is 0 Å². The molecule has 88 valence electrons. The number of aryl methyl sites for hydroxylation is 2. The molecule has 1 aliphatic heterocycles. The molecule has 2 rings (SSSR count). The standard InChI is InChI=1S/C11H18N4O/c1-9-10(8-16)11(14(3)12-9)15-6-4-13(2)5-7-15/h8H,4-7H2,1-3H3. The van der Waals surface area contributed by atoms with Crippen LogP contribution in [0.5, 0.6) is 0 Å². The van der Waals surface area contributed by atoms with Gasteiger partial charge in [-0.05, 0) is 14.0 Å². The third-order valence-corrected chi connectivity index (χ3v) is 3.16. The Morgan fingerprint density at radius 3 is 2.38 bits per heavy atom. The number of anilines is 1. The molecule has 0 atom stereocenters. The lowest BCUT2D eigenvalue weighted by Crippen LogP contribution is -2.45. The van der Waals surface area contributed by atoms with Crippen molar-refractivity contribution in [3.05, 3.63) is 11.3 Å². The third kappa shape index (κ3) is 1.82. The van der Waals surface area contributed by atoms with Gasteiger partial charge in [-0.1, -0.05) is 0 Å². The number of aromatic nitrogens is 2. The summed E-state index contributed by atoms with van der Waals surface area (Å²) in [5, 5.41) is 4.31. The van der Waals surface area contributed by atoms with Gasteiger partial charge in [0.2, 0.25) is 0 Å². The molecule has 0 N–H and O–H groups in total. The lowest BCUT2D eigenvalue weighted by molar-refractivity contribution is 0.112.